The summed E-state index contributed by atoms with van der Waals surface area (Å²) in [6.45, 7) is 4.70. The third-order valence-electron chi connectivity index (χ3n) is 5.92. The molecular formula is C27H25N3O5S. The molecule has 1 atom stereocenters. The molecular weight excluding hydrogens is 478 g/mol. The molecule has 4 aromatic rings. The van der Waals surface area contributed by atoms with Crippen LogP contribution in [0, 0.1) is 0 Å². The first kappa shape index (κ1) is 23.6. The summed E-state index contributed by atoms with van der Waals surface area (Å²) in [4.78, 5) is 34.6. The number of rotatable bonds is 7. The molecule has 184 valence electrons. The summed E-state index contributed by atoms with van der Waals surface area (Å²) >= 11 is 1.28. The van der Waals surface area contributed by atoms with Crippen LogP contribution < -0.4 is 24.4 Å². The van der Waals surface area contributed by atoms with Gasteiger partial charge in [-0.1, -0.05) is 35.6 Å². The van der Waals surface area contributed by atoms with Crippen LogP contribution in [0.4, 0.5) is 0 Å². The second-order valence-electron chi connectivity index (χ2n) is 8.04. The number of methoxy groups -OCH3 is 1. The van der Waals surface area contributed by atoms with E-state index < -0.39 is 12.0 Å². The summed E-state index contributed by atoms with van der Waals surface area (Å²) < 4.78 is 18.6. The number of para-hydroxylation sites is 1. The number of hydrogen-bond donors (Lipinski definition) is 1. The summed E-state index contributed by atoms with van der Waals surface area (Å²) in [7, 11) is 1.31. The molecule has 1 aliphatic heterocycles. The van der Waals surface area contributed by atoms with Gasteiger partial charge in [0, 0.05) is 28.9 Å². The minimum Gasteiger partial charge on any atom is -0.490 e. The molecule has 36 heavy (non-hydrogen) atoms. The number of fused-ring (bicyclic) bond motifs is 2. The Kier molecular flexibility index (Phi) is 6.47. The van der Waals surface area contributed by atoms with E-state index in [2.05, 4.69) is 9.98 Å². The Bertz CT molecular complexity index is 1660. The van der Waals surface area contributed by atoms with E-state index in [0.29, 0.717) is 39.6 Å². The van der Waals surface area contributed by atoms with Gasteiger partial charge < -0.3 is 19.2 Å². The van der Waals surface area contributed by atoms with E-state index in [0.717, 1.165) is 16.5 Å². The Morgan fingerprint density at radius 3 is 2.69 bits per heavy atom. The molecule has 3 heterocycles. The quantitative estimate of drug-likeness (QED) is 0.391. The number of nitrogens with zero attached hydrogens (tertiary/aromatic N) is 2. The molecule has 0 saturated heterocycles. The predicted molar refractivity (Wildman–Crippen MR) is 138 cm³/mol. The van der Waals surface area contributed by atoms with E-state index in [1.165, 1.54) is 24.6 Å². The first-order chi connectivity index (χ1) is 17.5. The first-order valence-electron chi connectivity index (χ1n) is 11.6. The highest BCUT2D eigenvalue weighted by Crippen LogP contribution is 2.35. The number of benzene rings is 2. The van der Waals surface area contributed by atoms with E-state index in [-0.39, 0.29) is 11.1 Å². The predicted octanol–water partition coefficient (Wildman–Crippen LogP) is 3.30. The van der Waals surface area contributed by atoms with Crippen molar-refractivity contribution >= 4 is 34.3 Å². The molecule has 0 aliphatic carbocycles. The van der Waals surface area contributed by atoms with Crippen molar-refractivity contribution in [2.45, 2.75) is 19.9 Å². The third kappa shape index (κ3) is 4.11. The van der Waals surface area contributed by atoms with Gasteiger partial charge in [0.15, 0.2) is 16.3 Å². The van der Waals surface area contributed by atoms with Crippen LogP contribution >= 0.6 is 11.3 Å². The summed E-state index contributed by atoms with van der Waals surface area (Å²) in [5.74, 6) is 0.582. The fourth-order valence-corrected chi connectivity index (χ4v) is 5.30. The maximum atomic E-state index is 13.7. The van der Waals surface area contributed by atoms with E-state index in [1.807, 2.05) is 56.5 Å². The number of ether oxygens (including phenoxy) is 3. The van der Waals surface area contributed by atoms with Crippen molar-refractivity contribution in [3.05, 3.63) is 91.2 Å². The van der Waals surface area contributed by atoms with Gasteiger partial charge in [-0.05, 0) is 43.7 Å². The average molecular weight is 504 g/mol. The molecule has 0 amide bonds. The van der Waals surface area contributed by atoms with Gasteiger partial charge >= 0.3 is 5.97 Å². The first-order valence-corrected chi connectivity index (χ1v) is 12.4. The Hall–Kier alpha value is -4.11. The van der Waals surface area contributed by atoms with Crippen molar-refractivity contribution in [1.29, 1.82) is 0 Å². The zero-order valence-electron chi connectivity index (χ0n) is 20.1. The maximum absolute atomic E-state index is 13.7. The number of H-pyrrole nitrogens is 1. The molecule has 8 nitrogen and oxygen atoms in total. The molecule has 0 radical (unpaired) electrons. The molecule has 2 aromatic heterocycles. The molecule has 9 heteroatoms. The smallest absolute Gasteiger partial charge is 0.337 e. The fraction of sp³-hybridized carbons (Fsp3) is 0.222. The molecule has 1 N–H and O–H groups in total. The standard InChI is InChI=1S/C27H25N3O5S/c1-4-34-21-11-10-16(12-22(21)35-5-2)24-19(26(32)33-3)15-29-27-30(24)25(31)23(36-27)13-17-14-28-20-9-7-6-8-18(17)20/h6-15,24,28H,4-5H2,1-3H3/b23-13-/t24-/m0/s1. The van der Waals surface area contributed by atoms with Crippen molar-refractivity contribution in [2.75, 3.05) is 20.3 Å². The minimum absolute atomic E-state index is 0.240. The summed E-state index contributed by atoms with van der Waals surface area (Å²) in [6, 6.07) is 12.6. The highest BCUT2D eigenvalue weighted by atomic mass is 32.1. The molecule has 1 aliphatic rings. The van der Waals surface area contributed by atoms with Crippen LogP contribution in [-0.4, -0.2) is 35.8 Å². The van der Waals surface area contributed by atoms with Crippen molar-refractivity contribution < 1.29 is 19.0 Å². The van der Waals surface area contributed by atoms with Crippen molar-refractivity contribution in [3.63, 3.8) is 0 Å². The lowest BCUT2D eigenvalue weighted by molar-refractivity contribution is -0.136. The lowest BCUT2D eigenvalue weighted by Gasteiger charge is -2.23. The topological polar surface area (TPSA) is 94.9 Å². The molecule has 0 bridgehead atoms. The number of esters is 1. The number of aromatic amines is 1. The summed E-state index contributed by atoms with van der Waals surface area (Å²) in [5, 5.41) is 1.02. The van der Waals surface area contributed by atoms with Gasteiger partial charge in [0.25, 0.3) is 5.56 Å². The fourth-order valence-electron chi connectivity index (χ4n) is 4.34. The normalized spacial score (nSPS) is 15.2. The minimum atomic E-state index is -0.728. The number of thiazole rings is 1. The van der Waals surface area contributed by atoms with E-state index >= 15 is 0 Å². The molecule has 5 rings (SSSR count). The maximum Gasteiger partial charge on any atom is 0.337 e. The molecule has 0 saturated carbocycles. The average Bonchev–Trinajstić information content (AvgIpc) is 3.45. The van der Waals surface area contributed by atoms with Crippen LogP contribution in [0.3, 0.4) is 0 Å². The molecule has 2 aromatic carbocycles. The number of carbonyl (C=O) groups is 1. The van der Waals surface area contributed by atoms with Gasteiger partial charge in [-0.25, -0.2) is 9.79 Å². The summed E-state index contributed by atoms with van der Waals surface area (Å²) in [5.41, 5.74) is 2.60. The zero-order chi connectivity index (χ0) is 25.2. The van der Waals surface area contributed by atoms with Crippen LogP contribution in [-0.2, 0) is 9.53 Å². The van der Waals surface area contributed by atoms with Crippen LogP contribution in [0.15, 0.2) is 70.2 Å². The second-order valence-corrected chi connectivity index (χ2v) is 9.05. The lowest BCUT2D eigenvalue weighted by Crippen LogP contribution is -2.39. The second kappa shape index (κ2) is 9.87. The largest absolute Gasteiger partial charge is 0.490 e. The Morgan fingerprint density at radius 2 is 1.92 bits per heavy atom. The van der Waals surface area contributed by atoms with Gasteiger partial charge in [-0.3, -0.25) is 9.36 Å². The monoisotopic (exact) mass is 503 g/mol. The van der Waals surface area contributed by atoms with Gasteiger partial charge in [-0.15, -0.1) is 0 Å². The number of carbonyl (C=O) groups excluding carboxylic acids is 1. The van der Waals surface area contributed by atoms with Crippen LogP contribution in [0.2, 0.25) is 0 Å². The molecule has 0 fully saturated rings. The van der Waals surface area contributed by atoms with Crippen molar-refractivity contribution in [1.82, 2.24) is 9.55 Å². The van der Waals surface area contributed by atoms with E-state index in [9.17, 15) is 9.59 Å². The Balaban J connectivity index is 1.69. The lowest BCUT2D eigenvalue weighted by atomic mass is 9.97. The highest BCUT2D eigenvalue weighted by molar-refractivity contribution is 7.07. The van der Waals surface area contributed by atoms with Crippen LogP contribution in [0.5, 0.6) is 11.5 Å². The third-order valence-corrected chi connectivity index (χ3v) is 6.91. The van der Waals surface area contributed by atoms with Crippen molar-refractivity contribution in [3.8, 4) is 11.5 Å². The van der Waals surface area contributed by atoms with E-state index in [1.54, 1.807) is 16.7 Å². The molecule has 0 unspecified atom stereocenters. The van der Waals surface area contributed by atoms with E-state index in [4.69, 9.17) is 14.2 Å². The van der Waals surface area contributed by atoms with Crippen LogP contribution in [0.25, 0.3) is 17.0 Å². The van der Waals surface area contributed by atoms with Gasteiger partial charge in [0.1, 0.15) is 0 Å². The Morgan fingerprint density at radius 1 is 1.14 bits per heavy atom. The number of hydrogen-bond acceptors (Lipinski definition) is 7. The van der Waals surface area contributed by atoms with Gasteiger partial charge in [0.05, 0.1) is 36.5 Å². The summed E-state index contributed by atoms with van der Waals surface area (Å²) in [6.07, 6.45) is 5.21. The number of aromatic nitrogens is 2. The number of nitrogens with one attached hydrogen (secondary N) is 1. The van der Waals surface area contributed by atoms with Crippen molar-refractivity contribution in [2.24, 2.45) is 4.99 Å². The van der Waals surface area contributed by atoms with Gasteiger partial charge in [0.2, 0.25) is 0 Å². The van der Waals surface area contributed by atoms with Crippen LogP contribution in [0.1, 0.15) is 31.0 Å². The van der Waals surface area contributed by atoms with Gasteiger partial charge in [-0.2, -0.15) is 0 Å². The zero-order valence-corrected chi connectivity index (χ0v) is 20.9. The molecule has 0 spiro atoms. The Labute approximate surface area is 210 Å². The highest BCUT2D eigenvalue weighted by Gasteiger charge is 2.31. The SMILES string of the molecule is CCOc1ccc([C@H]2C(C(=O)OC)=CN=c3s/c(=C\c4c[nH]c5ccccc45)c(=O)n32)cc1OCC.